The van der Waals surface area contributed by atoms with Crippen molar-refractivity contribution in [3.8, 4) is 22.8 Å². The van der Waals surface area contributed by atoms with Gasteiger partial charge >= 0.3 is 0 Å². The highest BCUT2D eigenvalue weighted by molar-refractivity contribution is 5.94. The summed E-state index contributed by atoms with van der Waals surface area (Å²) in [5, 5.41) is 11.0. The van der Waals surface area contributed by atoms with E-state index in [9.17, 15) is 0 Å². The van der Waals surface area contributed by atoms with E-state index in [1.807, 2.05) is 37.3 Å². The molecule has 1 aliphatic carbocycles. The van der Waals surface area contributed by atoms with Crippen molar-refractivity contribution in [1.29, 1.82) is 0 Å². The Hall–Kier alpha value is -3.48. The van der Waals surface area contributed by atoms with Crippen LogP contribution in [0.25, 0.3) is 22.4 Å². The number of nitrogens with zero attached hydrogens (tertiary/aromatic N) is 2. The van der Waals surface area contributed by atoms with Crippen LogP contribution in [0.2, 0.25) is 0 Å². The first-order valence-corrected chi connectivity index (χ1v) is 8.63. The maximum atomic E-state index is 5.75. The van der Waals surface area contributed by atoms with Gasteiger partial charge in [0.25, 0.3) is 0 Å². The van der Waals surface area contributed by atoms with Crippen LogP contribution in [-0.4, -0.2) is 29.4 Å². The van der Waals surface area contributed by atoms with E-state index in [2.05, 4.69) is 20.5 Å². The highest BCUT2D eigenvalue weighted by Gasteiger charge is 2.29. The number of ether oxygens (including phenoxy) is 2. The zero-order chi connectivity index (χ0) is 18.5. The van der Waals surface area contributed by atoms with Crippen molar-refractivity contribution in [2.75, 3.05) is 19.5 Å². The Morgan fingerprint density at radius 3 is 2.85 bits per heavy atom. The van der Waals surface area contributed by atoms with E-state index in [0.717, 1.165) is 51.6 Å². The number of hydrogen-bond acceptors (Lipinski definition) is 6. The molecule has 27 heavy (non-hydrogen) atoms. The fraction of sp³-hybridized carbons (Fsp3) is 0.200. The lowest BCUT2D eigenvalue weighted by Gasteiger charge is -2.07. The van der Waals surface area contributed by atoms with Crippen LogP contribution in [0.3, 0.4) is 0 Å². The fourth-order valence-electron chi connectivity index (χ4n) is 3.64. The molecule has 0 spiro atoms. The smallest absolute Gasteiger partial charge is 0.196 e. The molecule has 0 saturated heterocycles. The molecular formula is C20H18N4O3. The van der Waals surface area contributed by atoms with E-state index in [4.69, 9.17) is 13.9 Å². The minimum Gasteiger partial charge on any atom is -0.497 e. The summed E-state index contributed by atoms with van der Waals surface area (Å²) in [6, 6.07) is 9.75. The molecule has 7 heteroatoms. The molecule has 0 saturated carbocycles. The highest BCUT2D eigenvalue weighted by atomic mass is 16.5. The van der Waals surface area contributed by atoms with Gasteiger partial charge in [-0.1, -0.05) is 6.07 Å². The van der Waals surface area contributed by atoms with Gasteiger partial charge in [-0.25, -0.2) is 4.98 Å². The number of nitrogens with one attached hydrogen (secondary N) is 2. The molecule has 2 aromatic carbocycles. The number of methoxy groups -OCH3 is 2. The van der Waals surface area contributed by atoms with E-state index in [0.29, 0.717) is 17.2 Å². The molecule has 2 aromatic heterocycles. The number of benzene rings is 2. The predicted molar refractivity (Wildman–Crippen MR) is 102 cm³/mol. The van der Waals surface area contributed by atoms with Crippen LogP contribution < -0.4 is 14.8 Å². The van der Waals surface area contributed by atoms with Crippen LogP contribution in [0.1, 0.15) is 17.0 Å². The number of H-pyrrole nitrogens is 1. The van der Waals surface area contributed by atoms with E-state index in [-0.39, 0.29) is 0 Å². The third-order valence-electron chi connectivity index (χ3n) is 4.89. The Bertz CT molecular complexity index is 1180. The largest absolute Gasteiger partial charge is 0.497 e. The highest BCUT2D eigenvalue weighted by Crippen LogP contribution is 2.45. The van der Waals surface area contributed by atoms with Gasteiger partial charge in [0.15, 0.2) is 23.0 Å². The second kappa shape index (κ2) is 5.77. The molecule has 0 atom stereocenters. The summed E-state index contributed by atoms with van der Waals surface area (Å²) in [6.45, 7) is 1.84. The molecule has 0 amide bonds. The monoisotopic (exact) mass is 362 g/mol. The molecule has 1 aliphatic rings. The molecule has 7 nitrogen and oxygen atoms in total. The van der Waals surface area contributed by atoms with Crippen molar-refractivity contribution in [3.63, 3.8) is 0 Å². The van der Waals surface area contributed by atoms with Gasteiger partial charge in [0, 0.05) is 36.2 Å². The van der Waals surface area contributed by atoms with Gasteiger partial charge in [-0.2, -0.15) is 5.10 Å². The summed E-state index contributed by atoms with van der Waals surface area (Å²) in [5.41, 5.74) is 6.71. The topological polar surface area (TPSA) is 85.2 Å². The summed E-state index contributed by atoms with van der Waals surface area (Å²) in [4.78, 5) is 4.57. The zero-order valence-corrected chi connectivity index (χ0v) is 15.2. The minimum absolute atomic E-state index is 0.625. The first-order chi connectivity index (χ1) is 13.2. The second-order valence-electron chi connectivity index (χ2n) is 6.48. The summed E-state index contributed by atoms with van der Waals surface area (Å²) < 4.78 is 16.6. The molecule has 0 aliphatic heterocycles. The van der Waals surface area contributed by atoms with E-state index < -0.39 is 0 Å². The van der Waals surface area contributed by atoms with Crippen molar-refractivity contribution in [1.82, 2.24) is 15.2 Å². The Labute approximate surface area is 155 Å². The molecule has 0 bridgehead atoms. The number of hydrogen-bond donors (Lipinski definition) is 2. The van der Waals surface area contributed by atoms with Crippen molar-refractivity contribution in [2.24, 2.45) is 0 Å². The maximum absolute atomic E-state index is 5.75. The Morgan fingerprint density at radius 2 is 2.04 bits per heavy atom. The Kier molecular flexibility index (Phi) is 3.36. The average molecular weight is 362 g/mol. The predicted octanol–water partition coefficient (Wildman–Crippen LogP) is 4.19. The van der Waals surface area contributed by atoms with Crippen LogP contribution in [0.4, 0.5) is 11.5 Å². The van der Waals surface area contributed by atoms with Crippen LogP contribution in [0, 0.1) is 6.92 Å². The Morgan fingerprint density at radius 1 is 1.15 bits per heavy atom. The first-order valence-electron chi connectivity index (χ1n) is 8.63. The molecular weight excluding hydrogens is 344 g/mol. The summed E-state index contributed by atoms with van der Waals surface area (Å²) >= 11 is 0. The second-order valence-corrected chi connectivity index (χ2v) is 6.48. The van der Waals surface area contributed by atoms with Gasteiger partial charge in [-0.3, -0.25) is 5.10 Å². The molecule has 0 radical (unpaired) electrons. The zero-order valence-electron chi connectivity index (χ0n) is 15.2. The third-order valence-corrected chi connectivity index (χ3v) is 4.89. The summed E-state index contributed by atoms with van der Waals surface area (Å²) in [5.74, 6) is 2.89. The number of oxazole rings is 1. The lowest BCUT2D eigenvalue weighted by Crippen LogP contribution is -1.96. The maximum Gasteiger partial charge on any atom is 0.196 e. The fourth-order valence-corrected chi connectivity index (χ4v) is 3.64. The normalized spacial score (nSPS) is 12.1. The van der Waals surface area contributed by atoms with Crippen LogP contribution in [0.15, 0.2) is 34.7 Å². The standard InChI is InChI=1S/C20H18N4O3/c1-10-21-18-13-8-15-17(14(13)9-16(26-3)19(18)27-10)23-24-20(15)22-11-5-4-6-12(7-11)25-2/h4-7,9H,8H2,1-3H3,(H2,22,23,24). The van der Waals surface area contributed by atoms with Gasteiger partial charge in [0.2, 0.25) is 0 Å². The van der Waals surface area contributed by atoms with Crippen molar-refractivity contribution in [3.05, 3.63) is 47.3 Å². The molecule has 0 unspecified atom stereocenters. The number of fused-ring (bicyclic) bond motifs is 5. The number of rotatable bonds is 4. The number of aromatic nitrogens is 3. The van der Waals surface area contributed by atoms with Gasteiger partial charge in [-0.05, 0) is 23.8 Å². The van der Waals surface area contributed by atoms with Crippen molar-refractivity contribution in [2.45, 2.75) is 13.3 Å². The lowest BCUT2D eigenvalue weighted by atomic mass is 10.1. The molecule has 136 valence electrons. The first kappa shape index (κ1) is 15.7. The van der Waals surface area contributed by atoms with Gasteiger partial charge in [0.1, 0.15) is 11.3 Å². The van der Waals surface area contributed by atoms with E-state index >= 15 is 0 Å². The lowest BCUT2D eigenvalue weighted by molar-refractivity contribution is 0.408. The van der Waals surface area contributed by atoms with Crippen LogP contribution >= 0.6 is 0 Å². The minimum atomic E-state index is 0.625. The third kappa shape index (κ3) is 2.35. The van der Waals surface area contributed by atoms with Crippen LogP contribution in [-0.2, 0) is 6.42 Å². The van der Waals surface area contributed by atoms with E-state index in [1.54, 1.807) is 14.2 Å². The number of aromatic amines is 1. The van der Waals surface area contributed by atoms with Crippen LogP contribution in [0.5, 0.6) is 11.5 Å². The van der Waals surface area contributed by atoms with Gasteiger partial charge in [0.05, 0.1) is 19.9 Å². The molecule has 2 heterocycles. The van der Waals surface area contributed by atoms with Gasteiger partial charge in [-0.15, -0.1) is 0 Å². The van der Waals surface area contributed by atoms with Crippen molar-refractivity contribution < 1.29 is 13.9 Å². The summed E-state index contributed by atoms with van der Waals surface area (Å²) in [7, 11) is 3.29. The van der Waals surface area contributed by atoms with Crippen molar-refractivity contribution >= 4 is 22.6 Å². The molecule has 0 fully saturated rings. The Balaban J connectivity index is 1.59. The number of aryl methyl sites for hydroxylation is 1. The quantitative estimate of drug-likeness (QED) is 0.499. The summed E-state index contributed by atoms with van der Waals surface area (Å²) in [6.07, 6.45) is 0.722. The SMILES string of the molecule is COc1cccc(Nc2n[nH]c3c2Cc2c-3cc(OC)c3oc(C)nc23)c1. The molecule has 2 N–H and O–H groups in total. The molecule has 5 rings (SSSR count). The molecule has 4 aromatic rings. The average Bonchev–Trinajstić information content (AvgIpc) is 3.35. The van der Waals surface area contributed by atoms with E-state index in [1.165, 1.54) is 0 Å². The van der Waals surface area contributed by atoms with Gasteiger partial charge < -0.3 is 19.2 Å². The number of anilines is 2.